The van der Waals surface area contributed by atoms with Crippen LogP contribution in [-0.2, 0) is 0 Å². The van der Waals surface area contributed by atoms with E-state index in [0.29, 0.717) is 19.8 Å². The van der Waals surface area contributed by atoms with Gasteiger partial charge in [-0.3, -0.25) is 0 Å². The van der Waals surface area contributed by atoms with Gasteiger partial charge in [0.2, 0.25) is 0 Å². The lowest BCUT2D eigenvalue weighted by Crippen LogP contribution is -2.24. The van der Waals surface area contributed by atoms with Crippen molar-refractivity contribution in [2.45, 2.75) is 18.9 Å². The summed E-state index contributed by atoms with van der Waals surface area (Å²) in [6.07, 6.45) is 1.77. The van der Waals surface area contributed by atoms with E-state index in [-0.39, 0.29) is 0 Å². The van der Waals surface area contributed by atoms with Gasteiger partial charge in [-0.05, 0) is 57.7 Å². The first-order valence-corrected chi connectivity index (χ1v) is 7.60. The minimum absolute atomic E-state index is 0.519. The SMILES string of the molecule is CN(C)CCCCNCC(O)c1ccc2c(c1)OCCO2. The Morgan fingerprint density at radius 2 is 1.95 bits per heavy atom. The molecule has 0 aliphatic carbocycles. The van der Waals surface area contributed by atoms with Crippen LogP contribution in [-0.4, -0.2) is 56.9 Å². The summed E-state index contributed by atoms with van der Waals surface area (Å²) in [6, 6.07) is 5.63. The summed E-state index contributed by atoms with van der Waals surface area (Å²) < 4.78 is 11.0. The Hall–Kier alpha value is -1.30. The third-order valence-electron chi connectivity index (χ3n) is 3.50. The van der Waals surface area contributed by atoms with E-state index in [1.54, 1.807) is 0 Å². The third-order valence-corrected chi connectivity index (χ3v) is 3.50. The molecule has 5 heteroatoms. The predicted molar refractivity (Wildman–Crippen MR) is 83.0 cm³/mol. The van der Waals surface area contributed by atoms with Crippen LogP contribution in [0.3, 0.4) is 0 Å². The van der Waals surface area contributed by atoms with Crippen molar-refractivity contribution in [2.75, 3.05) is 46.9 Å². The van der Waals surface area contributed by atoms with Gasteiger partial charge in [0.05, 0.1) is 6.10 Å². The fraction of sp³-hybridized carbons (Fsp3) is 0.625. The molecule has 1 aromatic rings. The van der Waals surface area contributed by atoms with Gasteiger partial charge in [-0.2, -0.15) is 0 Å². The van der Waals surface area contributed by atoms with Crippen molar-refractivity contribution in [2.24, 2.45) is 0 Å². The second-order valence-corrected chi connectivity index (χ2v) is 5.63. The van der Waals surface area contributed by atoms with Crippen molar-refractivity contribution in [1.29, 1.82) is 0 Å². The number of rotatable bonds is 8. The second kappa shape index (κ2) is 8.22. The van der Waals surface area contributed by atoms with Crippen molar-refractivity contribution in [1.82, 2.24) is 10.2 Å². The summed E-state index contributed by atoms with van der Waals surface area (Å²) in [7, 11) is 4.16. The summed E-state index contributed by atoms with van der Waals surface area (Å²) in [5.41, 5.74) is 0.861. The van der Waals surface area contributed by atoms with Crippen LogP contribution >= 0.6 is 0 Å². The van der Waals surface area contributed by atoms with Crippen LogP contribution in [0, 0.1) is 0 Å². The topological polar surface area (TPSA) is 54.0 Å². The minimum atomic E-state index is -0.519. The van der Waals surface area contributed by atoms with Crippen molar-refractivity contribution < 1.29 is 14.6 Å². The molecule has 1 atom stereocenters. The van der Waals surface area contributed by atoms with Gasteiger partial charge < -0.3 is 24.8 Å². The van der Waals surface area contributed by atoms with E-state index in [1.165, 1.54) is 6.42 Å². The van der Waals surface area contributed by atoms with Gasteiger partial charge >= 0.3 is 0 Å². The molecule has 0 saturated carbocycles. The maximum Gasteiger partial charge on any atom is 0.161 e. The van der Waals surface area contributed by atoms with E-state index in [0.717, 1.165) is 36.6 Å². The predicted octanol–water partition coefficient (Wildman–Crippen LogP) is 1.42. The molecule has 0 fully saturated rings. The Balaban J connectivity index is 1.72. The van der Waals surface area contributed by atoms with E-state index in [9.17, 15) is 5.11 Å². The Morgan fingerprint density at radius 3 is 2.71 bits per heavy atom. The molecule has 5 nitrogen and oxygen atoms in total. The summed E-state index contributed by atoms with van der Waals surface area (Å²) in [6.45, 7) is 3.74. The molecule has 1 unspecified atom stereocenters. The molecule has 0 amide bonds. The van der Waals surface area contributed by atoms with Crippen molar-refractivity contribution in [3.05, 3.63) is 23.8 Å². The number of unbranched alkanes of at least 4 members (excludes halogenated alkanes) is 1. The molecule has 0 bridgehead atoms. The summed E-state index contributed by atoms with van der Waals surface area (Å²) in [4.78, 5) is 2.18. The zero-order valence-electron chi connectivity index (χ0n) is 13.0. The molecule has 21 heavy (non-hydrogen) atoms. The molecule has 2 N–H and O–H groups in total. The zero-order valence-corrected chi connectivity index (χ0v) is 13.0. The summed E-state index contributed by atoms with van der Waals surface area (Å²) in [5, 5.41) is 13.5. The monoisotopic (exact) mass is 294 g/mol. The van der Waals surface area contributed by atoms with Gasteiger partial charge in [0, 0.05) is 6.54 Å². The second-order valence-electron chi connectivity index (χ2n) is 5.63. The number of nitrogens with zero attached hydrogens (tertiary/aromatic N) is 1. The number of ether oxygens (including phenoxy) is 2. The van der Waals surface area contributed by atoms with Gasteiger partial charge in [-0.25, -0.2) is 0 Å². The van der Waals surface area contributed by atoms with Crippen LogP contribution in [0.25, 0.3) is 0 Å². The lowest BCUT2D eigenvalue weighted by atomic mass is 10.1. The number of aliphatic hydroxyl groups is 1. The molecule has 0 aromatic heterocycles. The van der Waals surface area contributed by atoms with E-state index >= 15 is 0 Å². The van der Waals surface area contributed by atoms with Crippen LogP contribution in [0.4, 0.5) is 0 Å². The van der Waals surface area contributed by atoms with E-state index in [4.69, 9.17) is 9.47 Å². The van der Waals surface area contributed by atoms with E-state index < -0.39 is 6.10 Å². The van der Waals surface area contributed by atoms with Crippen LogP contribution in [0.15, 0.2) is 18.2 Å². The Bertz CT molecular complexity index is 438. The number of hydrogen-bond acceptors (Lipinski definition) is 5. The quantitative estimate of drug-likeness (QED) is 0.710. The highest BCUT2D eigenvalue weighted by atomic mass is 16.6. The number of benzene rings is 1. The highest BCUT2D eigenvalue weighted by Crippen LogP contribution is 2.32. The van der Waals surface area contributed by atoms with E-state index in [2.05, 4.69) is 24.3 Å². The molecular formula is C16H26N2O3. The molecule has 1 aliphatic heterocycles. The Kier molecular flexibility index (Phi) is 6.29. The molecule has 2 rings (SSSR count). The van der Waals surface area contributed by atoms with Crippen LogP contribution in [0.2, 0.25) is 0 Å². The molecule has 1 heterocycles. The highest BCUT2D eigenvalue weighted by molar-refractivity contribution is 5.44. The van der Waals surface area contributed by atoms with Crippen LogP contribution in [0.1, 0.15) is 24.5 Å². The van der Waals surface area contributed by atoms with Crippen molar-refractivity contribution >= 4 is 0 Å². The average Bonchev–Trinajstić information content (AvgIpc) is 2.49. The highest BCUT2D eigenvalue weighted by Gasteiger charge is 2.15. The lowest BCUT2D eigenvalue weighted by Gasteiger charge is -2.20. The standard InChI is InChI=1S/C16H26N2O3/c1-18(2)8-4-3-7-17-12-14(19)13-5-6-15-16(11-13)21-10-9-20-15/h5-6,11,14,17,19H,3-4,7-10,12H2,1-2H3. The van der Waals surface area contributed by atoms with Gasteiger partial charge in [-0.1, -0.05) is 6.07 Å². The van der Waals surface area contributed by atoms with Crippen molar-refractivity contribution in [3.8, 4) is 11.5 Å². The fourth-order valence-corrected chi connectivity index (χ4v) is 2.30. The number of nitrogens with one attached hydrogen (secondary N) is 1. The fourth-order valence-electron chi connectivity index (χ4n) is 2.30. The summed E-state index contributed by atoms with van der Waals surface area (Å²) in [5.74, 6) is 1.48. The molecule has 1 aliphatic rings. The Labute approximate surface area is 126 Å². The molecule has 118 valence electrons. The largest absolute Gasteiger partial charge is 0.486 e. The first-order chi connectivity index (χ1) is 10.2. The number of fused-ring (bicyclic) bond motifs is 1. The smallest absolute Gasteiger partial charge is 0.161 e. The normalized spacial score (nSPS) is 15.2. The first kappa shape index (κ1) is 16.1. The minimum Gasteiger partial charge on any atom is -0.486 e. The molecule has 0 spiro atoms. The Morgan fingerprint density at radius 1 is 1.19 bits per heavy atom. The molecule has 0 saturated heterocycles. The van der Waals surface area contributed by atoms with E-state index in [1.807, 2.05) is 18.2 Å². The van der Waals surface area contributed by atoms with Gasteiger partial charge in [0.15, 0.2) is 11.5 Å². The average molecular weight is 294 g/mol. The van der Waals surface area contributed by atoms with Crippen LogP contribution in [0.5, 0.6) is 11.5 Å². The van der Waals surface area contributed by atoms with Gasteiger partial charge in [0.25, 0.3) is 0 Å². The number of aliphatic hydroxyl groups excluding tert-OH is 1. The van der Waals surface area contributed by atoms with Gasteiger partial charge in [0.1, 0.15) is 13.2 Å². The van der Waals surface area contributed by atoms with Crippen molar-refractivity contribution in [3.63, 3.8) is 0 Å². The lowest BCUT2D eigenvalue weighted by molar-refractivity contribution is 0.163. The first-order valence-electron chi connectivity index (χ1n) is 7.60. The van der Waals surface area contributed by atoms with Crippen LogP contribution < -0.4 is 14.8 Å². The molecule has 0 radical (unpaired) electrons. The third kappa shape index (κ3) is 5.19. The zero-order chi connectivity index (χ0) is 15.1. The maximum atomic E-state index is 10.2. The molecule has 1 aromatic carbocycles. The number of hydrogen-bond donors (Lipinski definition) is 2. The van der Waals surface area contributed by atoms with Gasteiger partial charge in [-0.15, -0.1) is 0 Å². The summed E-state index contributed by atoms with van der Waals surface area (Å²) >= 11 is 0. The maximum absolute atomic E-state index is 10.2. The molecular weight excluding hydrogens is 268 g/mol.